The van der Waals surface area contributed by atoms with Gasteiger partial charge in [0.25, 0.3) is 0 Å². The Morgan fingerprint density at radius 1 is 1.10 bits per heavy atom. The zero-order chi connectivity index (χ0) is 15.5. The van der Waals surface area contributed by atoms with E-state index in [1.807, 2.05) is 0 Å². The molecule has 0 fully saturated rings. The van der Waals surface area contributed by atoms with Gasteiger partial charge in [0.2, 0.25) is 5.91 Å². The Labute approximate surface area is 124 Å². The molecule has 0 spiro atoms. The van der Waals surface area contributed by atoms with E-state index >= 15 is 0 Å². The summed E-state index contributed by atoms with van der Waals surface area (Å²) in [7, 11) is 3.20. The molecule has 116 valence electrons. The molecule has 6 heteroatoms. The van der Waals surface area contributed by atoms with Gasteiger partial charge in [-0.2, -0.15) is 0 Å². The molecule has 0 aliphatic rings. The lowest BCUT2D eigenvalue weighted by Gasteiger charge is -2.14. The average Bonchev–Trinajstić information content (AvgIpc) is 2.49. The molecule has 6 nitrogen and oxygen atoms in total. The van der Waals surface area contributed by atoms with Crippen molar-refractivity contribution < 1.29 is 23.7 Å². The molecule has 0 saturated carbocycles. The zero-order valence-corrected chi connectivity index (χ0v) is 12.4. The number of hydrogen-bond donors (Lipinski definition) is 1. The van der Waals surface area contributed by atoms with E-state index < -0.39 is 0 Å². The monoisotopic (exact) mass is 295 g/mol. The number of benzene rings is 1. The summed E-state index contributed by atoms with van der Waals surface area (Å²) in [6.07, 6.45) is 1.20. The minimum absolute atomic E-state index is 0.286. The summed E-state index contributed by atoms with van der Waals surface area (Å²) in [5.41, 5.74) is 0.603. The summed E-state index contributed by atoms with van der Waals surface area (Å²) < 4.78 is 21.1. The third-order valence-corrected chi connectivity index (χ3v) is 2.49. The molecule has 0 saturated heterocycles. The molecule has 0 aliphatic carbocycles. The van der Waals surface area contributed by atoms with Crippen LogP contribution in [0, 0.1) is 0 Å². The van der Waals surface area contributed by atoms with E-state index in [4.69, 9.17) is 18.9 Å². The highest BCUT2D eigenvalue weighted by Gasteiger charge is 2.08. The van der Waals surface area contributed by atoms with Crippen LogP contribution in [0.15, 0.2) is 30.9 Å². The molecule has 0 aliphatic heterocycles. The van der Waals surface area contributed by atoms with Crippen LogP contribution in [0.3, 0.4) is 0 Å². The summed E-state index contributed by atoms with van der Waals surface area (Å²) in [4.78, 5) is 11.3. The standard InChI is InChI=1S/C15H21NO5/c1-4-15(17)16-12-5-6-13(20-9-7-18-2)14(11-12)21-10-8-19-3/h4-6,11H,1,7-10H2,2-3H3,(H,16,17). The van der Waals surface area contributed by atoms with E-state index in [0.717, 1.165) is 0 Å². The summed E-state index contributed by atoms with van der Waals surface area (Å²) in [6, 6.07) is 5.16. The van der Waals surface area contributed by atoms with Crippen molar-refractivity contribution in [1.29, 1.82) is 0 Å². The fourth-order valence-corrected chi connectivity index (χ4v) is 1.48. The van der Waals surface area contributed by atoms with Crippen molar-refractivity contribution in [3.63, 3.8) is 0 Å². The van der Waals surface area contributed by atoms with Crippen molar-refractivity contribution in [1.82, 2.24) is 0 Å². The van der Waals surface area contributed by atoms with E-state index in [9.17, 15) is 4.79 Å². The van der Waals surface area contributed by atoms with Crippen LogP contribution in [-0.2, 0) is 14.3 Å². The number of nitrogens with one attached hydrogen (secondary N) is 1. The first-order chi connectivity index (χ1) is 10.2. The normalized spacial score (nSPS) is 10.0. The first-order valence-electron chi connectivity index (χ1n) is 6.52. The van der Waals surface area contributed by atoms with Crippen LogP contribution >= 0.6 is 0 Å². The fourth-order valence-electron chi connectivity index (χ4n) is 1.48. The lowest BCUT2D eigenvalue weighted by Crippen LogP contribution is -2.10. The summed E-state index contributed by atoms with van der Waals surface area (Å²) >= 11 is 0. The van der Waals surface area contributed by atoms with E-state index in [2.05, 4.69) is 11.9 Å². The van der Waals surface area contributed by atoms with E-state index in [1.54, 1.807) is 32.4 Å². The topological polar surface area (TPSA) is 66.0 Å². The quantitative estimate of drug-likeness (QED) is 0.527. The van der Waals surface area contributed by atoms with E-state index in [0.29, 0.717) is 43.6 Å². The number of carbonyl (C=O) groups is 1. The maximum absolute atomic E-state index is 11.3. The van der Waals surface area contributed by atoms with E-state index in [1.165, 1.54) is 6.08 Å². The summed E-state index contributed by atoms with van der Waals surface area (Å²) in [5, 5.41) is 2.67. The molecular weight excluding hydrogens is 274 g/mol. The van der Waals surface area contributed by atoms with Gasteiger partial charge in [-0.15, -0.1) is 0 Å². The predicted molar refractivity (Wildman–Crippen MR) is 80.0 cm³/mol. The molecule has 0 radical (unpaired) electrons. The minimum atomic E-state index is -0.286. The van der Waals surface area contributed by atoms with Crippen molar-refractivity contribution >= 4 is 11.6 Å². The van der Waals surface area contributed by atoms with Gasteiger partial charge in [0.1, 0.15) is 13.2 Å². The van der Waals surface area contributed by atoms with Gasteiger partial charge in [-0.25, -0.2) is 0 Å². The molecule has 1 aromatic rings. The van der Waals surface area contributed by atoms with Crippen molar-refractivity contribution in [2.75, 3.05) is 46.0 Å². The highest BCUT2D eigenvalue weighted by Crippen LogP contribution is 2.30. The molecule has 0 aromatic heterocycles. The highest BCUT2D eigenvalue weighted by molar-refractivity contribution is 5.99. The molecule has 0 bridgehead atoms. The maximum Gasteiger partial charge on any atom is 0.247 e. The number of methoxy groups -OCH3 is 2. The third kappa shape index (κ3) is 6.29. The summed E-state index contributed by atoms with van der Waals surface area (Å²) in [5.74, 6) is 0.829. The largest absolute Gasteiger partial charge is 0.487 e. The first kappa shape index (κ1) is 17.0. The Kier molecular flexibility index (Phi) is 7.93. The van der Waals surface area contributed by atoms with Crippen molar-refractivity contribution in [3.8, 4) is 11.5 Å². The Morgan fingerprint density at radius 3 is 2.29 bits per heavy atom. The molecule has 1 aromatic carbocycles. The van der Waals surface area contributed by atoms with Gasteiger partial charge in [-0.05, 0) is 18.2 Å². The van der Waals surface area contributed by atoms with Crippen LogP contribution < -0.4 is 14.8 Å². The van der Waals surface area contributed by atoms with Gasteiger partial charge in [0.05, 0.1) is 13.2 Å². The van der Waals surface area contributed by atoms with Gasteiger partial charge in [-0.3, -0.25) is 4.79 Å². The SMILES string of the molecule is C=CC(=O)Nc1ccc(OCCOC)c(OCCOC)c1. The second kappa shape index (κ2) is 9.79. The second-order valence-electron chi connectivity index (χ2n) is 4.04. The molecule has 0 atom stereocenters. The van der Waals surface area contributed by atoms with Gasteiger partial charge in [0, 0.05) is 26.0 Å². The molecule has 21 heavy (non-hydrogen) atoms. The molecule has 1 amide bonds. The van der Waals surface area contributed by atoms with Gasteiger partial charge in [0.15, 0.2) is 11.5 Å². The third-order valence-electron chi connectivity index (χ3n) is 2.49. The Morgan fingerprint density at radius 2 is 1.71 bits per heavy atom. The van der Waals surface area contributed by atoms with Crippen LogP contribution in [0.2, 0.25) is 0 Å². The number of hydrogen-bond acceptors (Lipinski definition) is 5. The fraction of sp³-hybridized carbons (Fsp3) is 0.400. The van der Waals surface area contributed by atoms with Crippen molar-refractivity contribution in [2.24, 2.45) is 0 Å². The molecular formula is C15H21NO5. The number of ether oxygens (including phenoxy) is 4. The van der Waals surface area contributed by atoms with Crippen LogP contribution in [-0.4, -0.2) is 46.6 Å². The Balaban J connectivity index is 2.79. The van der Waals surface area contributed by atoms with Crippen LogP contribution in [0.5, 0.6) is 11.5 Å². The molecule has 1 rings (SSSR count). The van der Waals surface area contributed by atoms with Crippen LogP contribution in [0.1, 0.15) is 0 Å². The van der Waals surface area contributed by atoms with Crippen molar-refractivity contribution in [2.45, 2.75) is 0 Å². The van der Waals surface area contributed by atoms with Crippen molar-refractivity contribution in [3.05, 3.63) is 30.9 Å². The number of anilines is 1. The second-order valence-corrected chi connectivity index (χ2v) is 4.04. The number of carbonyl (C=O) groups excluding carboxylic acids is 1. The molecule has 1 N–H and O–H groups in total. The Hall–Kier alpha value is -2.05. The average molecular weight is 295 g/mol. The summed E-state index contributed by atoms with van der Waals surface area (Å²) in [6.45, 7) is 5.14. The van der Waals surface area contributed by atoms with Gasteiger partial charge < -0.3 is 24.3 Å². The zero-order valence-electron chi connectivity index (χ0n) is 12.4. The Bertz CT molecular complexity index is 461. The van der Waals surface area contributed by atoms with Gasteiger partial charge in [-0.1, -0.05) is 6.58 Å². The van der Waals surface area contributed by atoms with E-state index in [-0.39, 0.29) is 5.91 Å². The number of amides is 1. The lowest BCUT2D eigenvalue weighted by atomic mass is 10.2. The molecule has 0 heterocycles. The van der Waals surface area contributed by atoms with Gasteiger partial charge >= 0.3 is 0 Å². The number of rotatable bonds is 10. The van der Waals surface area contributed by atoms with Crippen LogP contribution in [0.4, 0.5) is 5.69 Å². The maximum atomic E-state index is 11.3. The minimum Gasteiger partial charge on any atom is -0.487 e. The van der Waals surface area contributed by atoms with Crippen LogP contribution in [0.25, 0.3) is 0 Å². The molecule has 0 unspecified atom stereocenters. The smallest absolute Gasteiger partial charge is 0.247 e. The predicted octanol–water partition coefficient (Wildman–Crippen LogP) is 1.86. The lowest BCUT2D eigenvalue weighted by molar-refractivity contribution is -0.111. The highest BCUT2D eigenvalue weighted by atomic mass is 16.5. The first-order valence-corrected chi connectivity index (χ1v) is 6.52.